The fourth-order valence-electron chi connectivity index (χ4n) is 3.32. The Morgan fingerprint density at radius 1 is 0.969 bits per heavy atom. The number of nitrogens with one attached hydrogen (secondary N) is 1. The molecule has 0 aliphatic rings. The van der Waals surface area contributed by atoms with E-state index in [1.807, 2.05) is 60.8 Å². The molecule has 3 aromatic carbocycles. The molecular weight excluding hydrogens is 422 g/mol. The quantitative estimate of drug-likeness (QED) is 0.363. The highest BCUT2D eigenvalue weighted by Crippen LogP contribution is 2.16. The van der Waals surface area contributed by atoms with Crippen LogP contribution in [-0.4, -0.2) is 15.7 Å². The maximum absolute atomic E-state index is 12.7. The molecule has 0 aliphatic heterocycles. The van der Waals surface area contributed by atoms with E-state index in [0.717, 1.165) is 23.3 Å². The minimum Gasteiger partial charge on any atom is -0.489 e. The normalized spacial score (nSPS) is 10.7. The zero-order chi connectivity index (χ0) is 22.3. The second kappa shape index (κ2) is 10.2. The van der Waals surface area contributed by atoms with Gasteiger partial charge in [0.25, 0.3) is 5.91 Å². The van der Waals surface area contributed by atoms with Crippen LogP contribution in [-0.2, 0) is 19.6 Å². The number of carbonyl (C=O) groups excluding carboxylic acids is 1. The zero-order valence-corrected chi connectivity index (χ0v) is 18.5. The number of hydrogen-bond donors (Lipinski definition) is 1. The van der Waals surface area contributed by atoms with Gasteiger partial charge in [0.2, 0.25) is 0 Å². The summed E-state index contributed by atoms with van der Waals surface area (Å²) in [4.78, 5) is 12.7. The highest BCUT2D eigenvalue weighted by Gasteiger charge is 2.09. The molecule has 0 aliphatic carbocycles. The largest absolute Gasteiger partial charge is 0.489 e. The minimum absolute atomic E-state index is 0.216. The molecule has 4 rings (SSSR count). The van der Waals surface area contributed by atoms with Crippen molar-refractivity contribution >= 4 is 23.3 Å². The first kappa shape index (κ1) is 21.7. The molecule has 0 radical (unpaired) electrons. The van der Waals surface area contributed by atoms with Gasteiger partial charge in [-0.05, 0) is 59.5 Å². The molecule has 6 heteroatoms. The van der Waals surface area contributed by atoms with Crippen LogP contribution in [0, 0.1) is 0 Å². The van der Waals surface area contributed by atoms with Crippen molar-refractivity contribution in [3.05, 3.63) is 112 Å². The zero-order valence-electron chi connectivity index (χ0n) is 17.8. The molecule has 0 atom stereocenters. The van der Waals surface area contributed by atoms with Crippen LogP contribution in [0.25, 0.3) is 0 Å². The van der Waals surface area contributed by atoms with Crippen LogP contribution in [0.1, 0.15) is 34.0 Å². The number of aryl methyl sites for hydroxylation is 1. The van der Waals surface area contributed by atoms with Gasteiger partial charge in [-0.1, -0.05) is 54.9 Å². The van der Waals surface area contributed by atoms with Gasteiger partial charge in [0.05, 0.1) is 6.54 Å². The molecule has 162 valence electrons. The van der Waals surface area contributed by atoms with E-state index in [9.17, 15) is 4.79 Å². The van der Waals surface area contributed by atoms with Crippen molar-refractivity contribution in [2.75, 3.05) is 5.32 Å². The summed E-state index contributed by atoms with van der Waals surface area (Å²) >= 11 is 6.04. The van der Waals surface area contributed by atoms with Gasteiger partial charge in [-0.2, -0.15) is 5.10 Å². The van der Waals surface area contributed by atoms with Crippen molar-refractivity contribution in [1.29, 1.82) is 0 Å². The van der Waals surface area contributed by atoms with Crippen LogP contribution in [0.15, 0.2) is 85.1 Å². The van der Waals surface area contributed by atoms with Gasteiger partial charge < -0.3 is 10.1 Å². The lowest BCUT2D eigenvalue weighted by atomic mass is 10.1. The first-order valence-corrected chi connectivity index (χ1v) is 10.9. The molecule has 0 fully saturated rings. The number of halogens is 1. The molecular formula is C26H24ClN3O2. The lowest BCUT2D eigenvalue weighted by Crippen LogP contribution is -2.13. The van der Waals surface area contributed by atoms with Crippen molar-refractivity contribution in [2.24, 2.45) is 0 Å². The molecule has 1 aromatic heterocycles. The summed E-state index contributed by atoms with van der Waals surface area (Å²) < 4.78 is 7.62. The van der Waals surface area contributed by atoms with E-state index in [1.54, 1.807) is 16.8 Å². The number of benzene rings is 3. The predicted molar refractivity (Wildman–Crippen MR) is 127 cm³/mol. The smallest absolute Gasteiger partial charge is 0.256 e. The van der Waals surface area contributed by atoms with Crippen LogP contribution in [0.3, 0.4) is 0 Å². The Labute approximate surface area is 192 Å². The molecule has 0 saturated heterocycles. The lowest BCUT2D eigenvalue weighted by Gasteiger charge is -2.09. The molecule has 4 aromatic rings. The molecule has 1 N–H and O–H groups in total. The van der Waals surface area contributed by atoms with E-state index >= 15 is 0 Å². The highest BCUT2D eigenvalue weighted by molar-refractivity contribution is 6.30. The van der Waals surface area contributed by atoms with E-state index in [4.69, 9.17) is 16.3 Å². The van der Waals surface area contributed by atoms with Gasteiger partial charge in [0.15, 0.2) is 5.82 Å². The van der Waals surface area contributed by atoms with E-state index in [-0.39, 0.29) is 5.91 Å². The topological polar surface area (TPSA) is 56.1 Å². The monoisotopic (exact) mass is 445 g/mol. The third-order valence-corrected chi connectivity index (χ3v) is 5.28. The number of ether oxygens (including phenoxy) is 1. The Morgan fingerprint density at radius 3 is 2.53 bits per heavy atom. The third-order valence-electron chi connectivity index (χ3n) is 5.04. The van der Waals surface area contributed by atoms with Gasteiger partial charge in [0.1, 0.15) is 12.4 Å². The summed E-state index contributed by atoms with van der Waals surface area (Å²) in [6.07, 6.45) is 2.82. The van der Waals surface area contributed by atoms with Crippen LogP contribution >= 0.6 is 11.6 Å². The van der Waals surface area contributed by atoms with E-state index in [1.165, 1.54) is 5.56 Å². The molecule has 0 saturated carbocycles. The average molecular weight is 446 g/mol. The van der Waals surface area contributed by atoms with Crippen LogP contribution in [0.4, 0.5) is 5.82 Å². The summed E-state index contributed by atoms with van der Waals surface area (Å²) in [7, 11) is 0. The van der Waals surface area contributed by atoms with E-state index < -0.39 is 0 Å². The summed E-state index contributed by atoms with van der Waals surface area (Å²) in [5.74, 6) is 1.09. The predicted octanol–water partition coefficient (Wildman–Crippen LogP) is 5.98. The Balaban J connectivity index is 1.36. The molecule has 32 heavy (non-hydrogen) atoms. The number of rotatable bonds is 8. The summed E-state index contributed by atoms with van der Waals surface area (Å²) in [6, 6.07) is 24.8. The van der Waals surface area contributed by atoms with Crippen molar-refractivity contribution < 1.29 is 9.53 Å². The van der Waals surface area contributed by atoms with E-state index in [0.29, 0.717) is 29.6 Å². The van der Waals surface area contributed by atoms with Crippen molar-refractivity contribution in [1.82, 2.24) is 9.78 Å². The van der Waals surface area contributed by atoms with Crippen LogP contribution in [0.5, 0.6) is 5.75 Å². The number of hydrogen-bond acceptors (Lipinski definition) is 3. The van der Waals surface area contributed by atoms with Crippen LogP contribution < -0.4 is 10.1 Å². The molecule has 0 bridgehead atoms. The van der Waals surface area contributed by atoms with Gasteiger partial charge in [-0.3, -0.25) is 9.48 Å². The first-order chi connectivity index (χ1) is 15.6. The number of carbonyl (C=O) groups is 1. The maximum atomic E-state index is 12.7. The van der Waals surface area contributed by atoms with Crippen LogP contribution in [0.2, 0.25) is 5.02 Å². The highest BCUT2D eigenvalue weighted by atomic mass is 35.5. The molecule has 1 amide bonds. The number of nitrogens with zero attached hydrogens (tertiary/aromatic N) is 2. The van der Waals surface area contributed by atoms with Gasteiger partial charge in [-0.25, -0.2) is 0 Å². The van der Waals surface area contributed by atoms with Crippen molar-refractivity contribution in [3.8, 4) is 5.75 Å². The lowest BCUT2D eigenvalue weighted by molar-refractivity contribution is 0.102. The van der Waals surface area contributed by atoms with Gasteiger partial charge in [0, 0.05) is 22.8 Å². The standard InChI is InChI=1S/C26H24ClN3O2/c1-2-19-9-11-24(12-10-19)32-18-21-6-3-7-22(15-21)26(31)28-25-13-14-30(29-25)17-20-5-4-8-23(27)16-20/h3-16H,2,17-18H2,1H3,(H,28,29,31). The molecule has 1 heterocycles. The second-order valence-electron chi connectivity index (χ2n) is 7.47. The van der Waals surface area contributed by atoms with Crippen molar-refractivity contribution in [2.45, 2.75) is 26.5 Å². The summed E-state index contributed by atoms with van der Waals surface area (Å²) in [5, 5.41) is 7.97. The minimum atomic E-state index is -0.216. The summed E-state index contributed by atoms with van der Waals surface area (Å²) in [5.41, 5.74) is 3.78. The third kappa shape index (κ3) is 5.77. The average Bonchev–Trinajstić information content (AvgIpc) is 3.24. The first-order valence-electron chi connectivity index (χ1n) is 10.5. The fourth-order valence-corrected chi connectivity index (χ4v) is 3.53. The second-order valence-corrected chi connectivity index (χ2v) is 7.91. The van der Waals surface area contributed by atoms with E-state index in [2.05, 4.69) is 29.5 Å². The maximum Gasteiger partial charge on any atom is 0.256 e. The fraction of sp³-hybridized carbons (Fsp3) is 0.154. The van der Waals surface area contributed by atoms with Gasteiger partial charge in [-0.15, -0.1) is 0 Å². The summed E-state index contributed by atoms with van der Waals surface area (Å²) in [6.45, 7) is 3.08. The Kier molecular flexibility index (Phi) is 6.87. The molecule has 0 spiro atoms. The Bertz CT molecular complexity index is 1200. The Hall–Kier alpha value is -3.57. The number of amides is 1. The molecule has 0 unspecified atom stereocenters. The van der Waals surface area contributed by atoms with Gasteiger partial charge >= 0.3 is 0 Å². The SMILES string of the molecule is CCc1ccc(OCc2cccc(C(=O)Nc3ccn(Cc4cccc(Cl)c4)n3)c2)cc1. The number of anilines is 1. The van der Waals surface area contributed by atoms with Crippen molar-refractivity contribution in [3.63, 3.8) is 0 Å². The Morgan fingerprint density at radius 2 is 1.75 bits per heavy atom. The number of aromatic nitrogens is 2. The molecule has 5 nitrogen and oxygen atoms in total.